The van der Waals surface area contributed by atoms with Crippen LogP contribution in [0.2, 0.25) is 0 Å². The van der Waals surface area contributed by atoms with Crippen molar-refractivity contribution in [3.8, 4) is 23.8 Å². The highest BCUT2D eigenvalue weighted by Gasteiger charge is 2.12. The van der Waals surface area contributed by atoms with Crippen LogP contribution < -0.4 is 10.1 Å². The zero-order valence-electron chi connectivity index (χ0n) is 10.6. The second-order valence-electron chi connectivity index (χ2n) is 3.87. The number of phenolic OH excluding ortho intramolecular Hbond substituents is 1. The molecule has 1 atom stereocenters. The molecule has 1 aromatic carbocycles. The molecule has 1 unspecified atom stereocenters. The fourth-order valence-corrected chi connectivity index (χ4v) is 1.56. The van der Waals surface area contributed by atoms with E-state index in [1.807, 2.05) is 6.92 Å². The number of aromatic hydroxyl groups is 1. The monoisotopic (exact) mass is 247 g/mol. The van der Waals surface area contributed by atoms with Gasteiger partial charge in [0.15, 0.2) is 11.5 Å². The summed E-state index contributed by atoms with van der Waals surface area (Å²) in [6.07, 6.45) is 6.95. The van der Waals surface area contributed by atoms with E-state index in [-0.39, 0.29) is 17.7 Å². The summed E-state index contributed by atoms with van der Waals surface area (Å²) in [5.41, 5.74) is 0.352. The van der Waals surface area contributed by atoms with Crippen molar-refractivity contribution in [3.63, 3.8) is 0 Å². The molecule has 4 heteroatoms. The number of benzene rings is 1. The molecule has 1 amide bonds. The maximum Gasteiger partial charge on any atom is 0.252 e. The van der Waals surface area contributed by atoms with E-state index >= 15 is 0 Å². The molecule has 0 aliphatic heterocycles. The molecular formula is C14H17NO3. The van der Waals surface area contributed by atoms with Gasteiger partial charge in [0.2, 0.25) is 0 Å². The molecule has 0 bridgehead atoms. The van der Waals surface area contributed by atoms with Crippen molar-refractivity contribution in [1.82, 2.24) is 5.32 Å². The summed E-state index contributed by atoms with van der Waals surface area (Å²) in [7, 11) is 1.45. The fraction of sp³-hybridized carbons (Fsp3) is 0.357. The van der Waals surface area contributed by atoms with Gasteiger partial charge in [0.1, 0.15) is 0 Å². The third-order valence-corrected chi connectivity index (χ3v) is 2.52. The molecule has 0 saturated heterocycles. The Morgan fingerprint density at radius 1 is 1.61 bits per heavy atom. The van der Waals surface area contributed by atoms with Crippen LogP contribution in [0.5, 0.6) is 11.5 Å². The molecule has 1 rings (SSSR count). The molecule has 0 aliphatic carbocycles. The molecule has 4 nitrogen and oxygen atoms in total. The van der Waals surface area contributed by atoms with Crippen LogP contribution in [0.3, 0.4) is 0 Å². The van der Waals surface area contributed by atoms with Gasteiger partial charge < -0.3 is 15.2 Å². The largest absolute Gasteiger partial charge is 0.504 e. The first-order valence-electron chi connectivity index (χ1n) is 5.76. The van der Waals surface area contributed by atoms with Gasteiger partial charge in [0.05, 0.1) is 13.2 Å². The van der Waals surface area contributed by atoms with Gasteiger partial charge in [-0.1, -0.05) is 19.3 Å². The van der Waals surface area contributed by atoms with Crippen LogP contribution in [0.25, 0.3) is 0 Å². The van der Waals surface area contributed by atoms with Crippen LogP contribution in [0, 0.1) is 12.3 Å². The van der Waals surface area contributed by atoms with Gasteiger partial charge in [-0.25, -0.2) is 0 Å². The molecule has 0 saturated carbocycles. The van der Waals surface area contributed by atoms with Gasteiger partial charge in [0, 0.05) is 5.56 Å². The number of ether oxygens (including phenoxy) is 1. The SMILES string of the molecule is C#CC(CCC)NC(=O)c1ccc(OC)c(O)c1. The summed E-state index contributed by atoms with van der Waals surface area (Å²) in [5.74, 6) is 2.48. The Labute approximate surface area is 107 Å². The van der Waals surface area contributed by atoms with Crippen molar-refractivity contribution in [3.05, 3.63) is 23.8 Å². The molecule has 0 heterocycles. The number of phenols is 1. The zero-order valence-corrected chi connectivity index (χ0v) is 10.6. The van der Waals surface area contributed by atoms with Crippen molar-refractivity contribution in [2.75, 3.05) is 7.11 Å². The lowest BCUT2D eigenvalue weighted by molar-refractivity contribution is 0.0944. The Morgan fingerprint density at radius 3 is 2.83 bits per heavy atom. The van der Waals surface area contributed by atoms with E-state index in [0.29, 0.717) is 11.3 Å². The number of hydrogen-bond donors (Lipinski definition) is 2. The van der Waals surface area contributed by atoms with E-state index in [0.717, 1.165) is 12.8 Å². The predicted octanol–water partition coefficient (Wildman–Crippen LogP) is 1.93. The number of hydrogen-bond acceptors (Lipinski definition) is 3. The summed E-state index contributed by atoms with van der Waals surface area (Å²) in [5, 5.41) is 12.3. The molecule has 96 valence electrons. The van der Waals surface area contributed by atoms with Crippen LogP contribution in [-0.2, 0) is 0 Å². The maximum atomic E-state index is 11.9. The molecule has 18 heavy (non-hydrogen) atoms. The van der Waals surface area contributed by atoms with Crippen molar-refractivity contribution >= 4 is 5.91 Å². The lowest BCUT2D eigenvalue weighted by atomic mass is 10.1. The number of rotatable bonds is 5. The third-order valence-electron chi connectivity index (χ3n) is 2.52. The fourth-order valence-electron chi connectivity index (χ4n) is 1.56. The summed E-state index contributed by atoms with van der Waals surface area (Å²) in [4.78, 5) is 11.9. The Hall–Kier alpha value is -2.15. The first-order chi connectivity index (χ1) is 8.62. The Bertz CT molecular complexity index is 463. The topological polar surface area (TPSA) is 58.6 Å². The minimum atomic E-state index is -0.302. The number of carbonyl (C=O) groups is 1. The molecule has 0 aliphatic rings. The highest BCUT2D eigenvalue weighted by atomic mass is 16.5. The number of nitrogens with one attached hydrogen (secondary N) is 1. The van der Waals surface area contributed by atoms with Crippen molar-refractivity contribution in [2.24, 2.45) is 0 Å². The Balaban J connectivity index is 2.79. The molecule has 0 fully saturated rings. The second-order valence-corrected chi connectivity index (χ2v) is 3.87. The minimum Gasteiger partial charge on any atom is -0.504 e. The molecule has 2 N–H and O–H groups in total. The smallest absolute Gasteiger partial charge is 0.252 e. The summed E-state index contributed by atoms with van der Waals surface area (Å²) < 4.78 is 4.91. The average Bonchev–Trinajstić information content (AvgIpc) is 2.37. The first kappa shape index (κ1) is 13.9. The van der Waals surface area contributed by atoms with E-state index in [1.165, 1.54) is 19.2 Å². The normalized spacial score (nSPS) is 11.4. The van der Waals surface area contributed by atoms with E-state index < -0.39 is 0 Å². The highest BCUT2D eigenvalue weighted by molar-refractivity contribution is 5.95. The van der Waals surface area contributed by atoms with Crippen molar-refractivity contribution in [2.45, 2.75) is 25.8 Å². The number of terminal acetylenes is 1. The van der Waals surface area contributed by atoms with Crippen molar-refractivity contribution < 1.29 is 14.6 Å². The van der Waals surface area contributed by atoms with Gasteiger partial charge in [-0.15, -0.1) is 6.42 Å². The van der Waals surface area contributed by atoms with Gasteiger partial charge in [-0.05, 0) is 24.6 Å². The van der Waals surface area contributed by atoms with Crippen LogP contribution in [0.4, 0.5) is 0 Å². The summed E-state index contributed by atoms with van der Waals surface area (Å²) in [6.45, 7) is 2.00. The van der Waals surface area contributed by atoms with Crippen LogP contribution in [0.1, 0.15) is 30.1 Å². The summed E-state index contributed by atoms with van der Waals surface area (Å²) in [6, 6.07) is 4.18. The van der Waals surface area contributed by atoms with Gasteiger partial charge in [-0.3, -0.25) is 4.79 Å². The molecule has 1 aromatic rings. The second kappa shape index (κ2) is 6.55. The predicted molar refractivity (Wildman–Crippen MR) is 69.7 cm³/mol. The van der Waals surface area contributed by atoms with Gasteiger partial charge in [-0.2, -0.15) is 0 Å². The van der Waals surface area contributed by atoms with Crippen LogP contribution >= 0.6 is 0 Å². The maximum absolute atomic E-state index is 11.9. The molecule has 0 radical (unpaired) electrons. The van der Waals surface area contributed by atoms with Crippen molar-refractivity contribution in [1.29, 1.82) is 0 Å². The standard InChI is InChI=1S/C14H17NO3/c1-4-6-11(5-2)15-14(17)10-7-8-13(18-3)12(16)9-10/h2,7-9,11,16H,4,6H2,1,3H3,(H,15,17). The lowest BCUT2D eigenvalue weighted by Gasteiger charge is -2.12. The van der Waals surface area contributed by atoms with E-state index in [4.69, 9.17) is 11.2 Å². The molecular weight excluding hydrogens is 230 g/mol. The van der Waals surface area contributed by atoms with E-state index in [9.17, 15) is 9.90 Å². The Morgan fingerprint density at radius 2 is 2.33 bits per heavy atom. The van der Waals surface area contributed by atoms with Crippen LogP contribution in [-0.4, -0.2) is 24.2 Å². The zero-order chi connectivity index (χ0) is 13.5. The first-order valence-corrected chi connectivity index (χ1v) is 5.76. The van der Waals surface area contributed by atoms with Gasteiger partial charge in [0.25, 0.3) is 5.91 Å². The van der Waals surface area contributed by atoms with Crippen LogP contribution in [0.15, 0.2) is 18.2 Å². The molecule has 0 spiro atoms. The lowest BCUT2D eigenvalue weighted by Crippen LogP contribution is -2.33. The highest BCUT2D eigenvalue weighted by Crippen LogP contribution is 2.26. The quantitative estimate of drug-likeness (QED) is 0.782. The number of carbonyl (C=O) groups excluding carboxylic acids is 1. The minimum absolute atomic E-state index is 0.0714. The van der Waals surface area contributed by atoms with Gasteiger partial charge >= 0.3 is 0 Å². The van der Waals surface area contributed by atoms with E-state index in [1.54, 1.807) is 6.07 Å². The number of amides is 1. The number of methoxy groups -OCH3 is 1. The molecule has 0 aromatic heterocycles. The van der Waals surface area contributed by atoms with E-state index in [2.05, 4.69) is 11.2 Å². The summed E-state index contributed by atoms with van der Waals surface area (Å²) >= 11 is 0. The Kier molecular flexibility index (Phi) is 5.06. The average molecular weight is 247 g/mol. The third kappa shape index (κ3) is 3.42.